The molecule has 8 heteroatoms. The Morgan fingerprint density at radius 2 is 2.00 bits per heavy atom. The van der Waals surface area contributed by atoms with Crippen molar-refractivity contribution in [2.45, 2.75) is 6.42 Å². The zero-order valence-electron chi connectivity index (χ0n) is 12.7. The number of nitrogens with zero attached hydrogens (tertiary/aromatic N) is 1. The lowest BCUT2D eigenvalue weighted by Gasteiger charge is -2.11. The van der Waals surface area contributed by atoms with Crippen molar-refractivity contribution in [2.24, 2.45) is 0 Å². The summed E-state index contributed by atoms with van der Waals surface area (Å²) in [7, 11) is 1.36. The number of ether oxygens (including phenoxy) is 1. The van der Waals surface area contributed by atoms with Crippen LogP contribution < -0.4 is 10.1 Å². The van der Waals surface area contributed by atoms with E-state index in [0.717, 1.165) is 6.07 Å². The smallest absolute Gasteiger partial charge is 0.305 e. The molecular formula is C16H14F2N2O4. The Bertz CT molecular complexity index is 781. The molecule has 24 heavy (non-hydrogen) atoms. The van der Waals surface area contributed by atoms with Crippen LogP contribution in [0.3, 0.4) is 0 Å². The van der Waals surface area contributed by atoms with Gasteiger partial charge in [-0.05, 0) is 24.3 Å². The van der Waals surface area contributed by atoms with Gasteiger partial charge in [-0.1, -0.05) is 0 Å². The van der Waals surface area contributed by atoms with Crippen LogP contribution in [0, 0.1) is 11.6 Å². The monoisotopic (exact) mass is 336 g/mol. The van der Waals surface area contributed by atoms with Gasteiger partial charge in [0.1, 0.15) is 28.8 Å². The Morgan fingerprint density at radius 1 is 1.25 bits per heavy atom. The van der Waals surface area contributed by atoms with E-state index in [1.807, 2.05) is 0 Å². The zero-order chi connectivity index (χ0) is 17.7. The molecule has 0 saturated carbocycles. The lowest BCUT2D eigenvalue weighted by atomic mass is 10.1. The summed E-state index contributed by atoms with van der Waals surface area (Å²) in [6, 6.07) is 5.76. The van der Waals surface area contributed by atoms with Crippen LogP contribution in [-0.4, -0.2) is 35.6 Å². The van der Waals surface area contributed by atoms with Gasteiger partial charge in [-0.15, -0.1) is 0 Å². The molecule has 0 aliphatic heterocycles. The quantitative estimate of drug-likeness (QED) is 0.844. The first-order chi connectivity index (χ1) is 11.4. The van der Waals surface area contributed by atoms with Crippen LogP contribution in [-0.2, 0) is 4.79 Å². The highest BCUT2D eigenvalue weighted by atomic mass is 19.1. The molecule has 1 aromatic heterocycles. The lowest BCUT2D eigenvalue weighted by Crippen LogP contribution is -2.26. The number of carbonyl (C=O) groups excluding carboxylic acids is 1. The fraction of sp³-hybridized carbons (Fsp3) is 0.188. The van der Waals surface area contributed by atoms with Gasteiger partial charge in [0.15, 0.2) is 0 Å². The fourth-order valence-corrected chi connectivity index (χ4v) is 1.99. The van der Waals surface area contributed by atoms with Crippen LogP contribution in [0.15, 0.2) is 30.3 Å². The summed E-state index contributed by atoms with van der Waals surface area (Å²) < 4.78 is 32.1. The van der Waals surface area contributed by atoms with Crippen LogP contribution in [0.1, 0.15) is 16.9 Å². The summed E-state index contributed by atoms with van der Waals surface area (Å²) in [5.74, 6) is -3.03. The molecule has 0 spiro atoms. The normalized spacial score (nSPS) is 10.3. The number of halogens is 2. The minimum absolute atomic E-state index is 0.0200. The average molecular weight is 336 g/mol. The van der Waals surface area contributed by atoms with E-state index in [-0.39, 0.29) is 35.7 Å². The van der Waals surface area contributed by atoms with Crippen LogP contribution in [0.2, 0.25) is 0 Å². The number of aromatic nitrogens is 1. The van der Waals surface area contributed by atoms with Gasteiger partial charge >= 0.3 is 5.97 Å². The Balaban J connectivity index is 2.34. The molecule has 2 aromatic rings. The lowest BCUT2D eigenvalue weighted by molar-refractivity contribution is -0.136. The van der Waals surface area contributed by atoms with Crippen LogP contribution in [0.25, 0.3) is 11.3 Å². The van der Waals surface area contributed by atoms with Crippen molar-refractivity contribution in [2.75, 3.05) is 13.7 Å². The summed E-state index contributed by atoms with van der Waals surface area (Å²) in [5.41, 5.74) is -0.0192. The van der Waals surface area contributed by atoms with Gasteiger partial charge in [0.05, 0.1) is 13.5 Å². The summed E-state index contributed by atoms with van der Waals surface area (Å²) in [4.78, 5) is 26.5. The van der Waals surface area contributed by atoms with E-state index < -0.39 is 23.5 Å². The first-order valence-electron chi connectivity index (χ1n) is 6.93. The van der Waals surface area contributed by atoms with Crippen LogP contribution in [0.4, 0.5) is 8.78 Å². The summed E-state index contributed by atoms with van der Waals surface area (Å²) in [6.45, 7) is -0.0673. The molecule has 0 bridgehead atoms. The third kappa shape index (κ3) is 4.03. The van der Waals surface area contributed by atoms with E-state index in [9.17, 15) is 18.4 Å². The van der Waals surface area contributed by atoms with Gasteiger partial charge in [0.2, 0.25) is 0 Å². The number of carboxylic acid groups (broad SMARTS) is 1. The number of rotatable bonds is 6. The van der Waals surface area contributed by atoms with Gasteiger partial charge in [-0.3, -0.25) is 9.59 Å². The predicted molar refractivity (Wildman–Crippen MR) is 80.7 cm³/mol. The number of amides is 1. The van der Waals surface area contributed by atoms with Crippen molar-refractivity contribution in [1.82, 2.24) is 10.3 Å². The summed E-state index contributed by atoms with van der Waals surface area (Å²) >= 11 is 0. The van der Waals surface area contributed by atoms with Crippen molar-refractivity contribution in [3.05, 3.63) is 47.7 Å². The highest BCUT2D eigenvalue weighted by Crippen LogP contribution is 2.30. The van der Waals surface area contributed by atoms with Crippen molar-refractivity contribution < 1.29 is 28.2 Å². The number of carboxylic acids is 1. The molecule has 6 nitrogen and oxygen atoms in total. The minimum atomic E-state index is -1.05. The molecule has 1 aromatic carbocycles. The van der Waals surface area contributed by atoms with E-state index in [2.05, 4.69) is 10.3 Å². The Labute approximate surface area is 136 Å². The third-order valence-corrected chi connectivity index (χ3v) is 3.12. The number of methoxy groups -OCH3 is 1. The fourth-order valence-electron chi connectivity index (χ4n) is 1.99. The van der Waals surface area contributed by atoms with E-state index in [1.165, 1.54) is 25.3 Å². The maximum Gasteiger partial charge on any atom is 0.305 e. The number of hydrogen-bond acceptors (Lipinski definition) is 4. The van der Waals surface area contributed by atoms with Gasteiger partial charge in [0, 0.05) is 18.2 Å². The van der Waals surface area contributed by atoms with Crippen molar-refractivity contribution >= 4 is 11.9 Å². The maximum atomic E-state index is 14.0. The number of aliphatic carboxylic acids is 1. The molecule has 2 N–H and O–H groups in total. The first kappa shape index (κ1) is 17.3. The molecule has 1 amide bonds. The Kier molecular flexibility index (Phi) is 5.41. The third-order valence-electron chi connectivity index (χ3n) is 3.12. The Hall–Kier alpha value is -3.03. The minimum Gasteiger partial charge on any atom is -0.494 e. The average Bonchev–Trinajstić information content (AvgIpc) is 2.54. The van der Waals surface area contributed by atoms with Crippen molar-refractivity contribution in [3.63, 3.8) is 0 Å². The summed E-state index contributed by atoms with van der Waals surface area (Å²) in [5, 5.41) is 10.9. The molecule has 2 rings (SSSR count). The van der Waals surface area contributed by atoms with Crippen LogP contribution >= 0.6 is 0 Å². The topological polar surface area (TPSA) is 88.5 Å². The maximum absolute atomic E-state index is 14.0. The van der Waals surface area contributed by atoms with Crippen LogP contribution in [0.5, 0.6) is 5.75 Å². The Morgan fingerprint density at radius 3 is 2.62 bits per heavy atom. The number of benzene rings is 1. The molecular weight excluding hydrogens is 322 g/mol. The molecule has 1 heterocycles. The molecule has 126 valence electrons. The molecule has 0 atom stereocenters. The number of pyridine rings is 1. The standard InChI is InChI=1S/C16H14F2N2O4/c1-24-13-5-4-12(16(23)19-7-6-14(21)22)20-15(13)10-3-2-9(17)8-11(10)18/h2-5,8H,6-7H2,1H3,(H,19,23)(H,21,22). The molecule has 0 radical (unpaired) electrons. The van der Waals surface area contributed by atoms with Crippen molar-refractivity contribution in [1.29, 1.82) is 0 Å². The van der Waals surface area contributed by atoms with Gasteiger partial charge in [-0.25, -0.2) is 13.8 Å². The van der Waals surface area contributed by atoms with Crippen molar-refractivity contribution in [3.8, 4) is 17.0 Å². The summed E-state index contributed by atoms with van der Waals surface area (Å²) in [6.07, 6.45) is -0.235. The number of carbonyl (C=O) groups is 2. The molecule has 0 unspecified atom stereocenters. The van der Waals surface area contributed by atoms with Gasteiger partial charge < -0.3 is 15.2 Å². The van der Waals surface area contributed by atoms with Gasteiger partial charge in [0.25, 0.3) is 5.91 Å². The zero-order valence-corrected chi connectivity index (χ0v) is 12.7. The second-order valence-electron chi connectivity index (χ2n) is 4.77. The molecule has 0 fully saturated rings. The van der Waals surface area contributed by atoms with E-state index in [4.69, 9.17) is 9.84 Å². The highest BCUT2D eigenvalue weighted by molar-refractivity contribution is 5.93. The number of hydrogen-bond donors (Lipinski definition) is 2. The SMILES string of the molecule is COc1ccc(C(=O)NCCC(=O)O)nc1-c1ccc(F)cc1F. The first-order valence-corrected chi connectivity index (χ1v) is 6.93. The largest absolute Gasteiger partial charge is 0.494 e. The molecule has 0 aliphatic carbocycles. The number of nitrogens with one attached hydrogen (secondary N) is 1. The van der Waals surface area contributed by atoms with E-state index in [0.29, 0.717) is 6.07 Å². The molecule has 0 saturated heterocycles. The van der Waals surface area contributed by atoms with Gasteiger partial charge in [-0.2, -0.15) is 0 Å². The molecule has 0 aliphatic rings. The predicted octanol–water partition coefficient (Wildman–Crippen LogP) is 2.24. The second kappa shape index (κ2) is 7.49. The van der Waals surface area contributed by atoms with E-state index >= 15 is 0 Å². The highest BCUT2D eigenvalue weighted by Gasteiger charge is 2.17. The van der Waals surface area contributed by atoms with E-state index in [1.54, 1.807) is 0 Å². The second-order valence-corrected chi connectivity index (χ2v) is 4.77.